The monoisotopic (exact) mass is 329 g/mol. The number of halogens is 4. The van der Waals surface area contributed by atoms with E-state index < -0.39 is 23.6 Å². The highest BCUT2D eigenvalue weighted by Crippen LogP contribution is 2.27. The van der Waals surface area contributed by atoms with Gasteiger partial charge in [-0.2, -0.15) is 0 Å². The van der Waals surface area contributed by atoms with Gasteiger partial charge in [0, 0.05) is 11.6 Å². The van der Waals surface area contributed by atoms with Gasteiger partial charge in [0.05, 0.1) is 18.0 Å². The fourth-order valence-corrected chi connectivity index (χ4v) is 1.59. The molecule has 0 radical (unpaired) electrons. The SMILES string of the molecule is COC(=O)C[C@H](N)c1c(F)ccc(Br)c1F.Cl. The molecule has 0 aromatic heterocycles. The number of carbonyl (C=O) groups is 1. The molecule has 1 rings (SSSR count). The second-order valence-electron chi connectivity index (χ2n) is 3.14. The number of nitrogens with two attached hydrogens (primary N) is 1. The highest BCUT2D eigenvalue weighted by atomic mass is 79.9. The molecule has 0 aliphatic carbocycles. The first-order valence-corrected chi connectivity index (χ1v) is 5.22. The Hall–Kier alpha value is -0.720. The van der Waals surface area contributed by atoms with Gasteiger partial charge in [0.1, 0.15) is 11.6 Å². The lowest BCUT2D eigenvalue weighted by molar-refractivity contribution is -0.141. The molecule has 1 atom stereocenters. The Bertz CT molecular complexity index is 418. The molecule has 0 unspecified atom stereocenters. The van der Waals surface area contributed by atoms with Crippen LogP contribution in [-0.4, -0.2) is 13.1 Å². The first-order chi connectivity index (χ1) is 7.47. The first-order valence-electron chi connectivity index (χ1n) is 4.43. The number of ether oxygens (including phenoxy) is 1. The number of hydrogen-bond donors (Lipinski definition) is 1. The van der Waals surface area contributed by atoms with E-state index in [2.05, 4.69) is 20.7 Å². The summed E-state index contributed by atoms with van der Waals surface area (Å²) in [7, 11) is 1.18. The van der Waals surface area contributed by atoms with Crippen LogP contribution in [0.25, 0.3) is 0 Å². The minimum Gasteiger partial charge on any atom is -0.469 e. The maximum atomic E-state index is 13.5. The molecule has 1 aromatic rings. The van der Waals surface area contributed by atoms with E-state index in [4.69, 9.17) is 5.73 Å². The Morgan fingerprint density at radius 3 is 2.65 bits per heavy atom. The quantitative estimate of drug-likeness (QED) is 0.685. The molecular weight excluding hydrogens is 319 g/mol. The molecule has 0 saturated heterocycles. The van der Waals surface area contributed by atoms with Crippen LogP contribution in [0.2, 0.25) is 0 Å². The maximum absolute atomic E-state index is 13.5. The molecule has 7 heteroatoms. The van der Waals surface area contributed by atoms with Gasteiger partial charge in [-0.1, -0.05) is 0 Å². The Balaban J connectivity index is 0.00000256. The van der Waals surface area contributed by atoms with Gasteiger partial charge in [-0.15, -0.1) is 12.4 Å². The molecule has 0 aliphatic heterocycles. The van der Waals surface area contributed by atoms with Gasteiger partial charge in [-0.3, -0.25) is 4.79 Å². The summed E-state index contributed by atoms with van der Waals surface area (Å²) in [5, 5.41) is 0. The third kappa shape index (κ3) is 3.90. The van der Waals surface area contributed by atoms with E-state index in [9.17, 15) is 13.6 Å². The van der Waals surface area contributed by atoms with Crippen LogP contribution in [0, 0.1) is 11.6 Å². The van der Waals surface area contributed by atoms with E-state index in [-0.39, 0.29) is 28.9 Å². The van der Waals surface area contributed by atoms with Crippen molar-refractivity contribution in [3.63, 3.8) is 0 Å². The highest BCUT2D eigenvalue weighted by molar-refractivity contribution is 9.10. The van der Waals surface area contributed by atoms with Gasteiger partial charge in [0.15, 0.2) is 0 Å². The maximum Gasteiger partial charge on any atom is 0.307 e. The van der Waals surface area contributed by atoms with Crippen LogP contribution < -0.4 is 5.73 Å². The van der Waals surface area contributed by atoms with E-state index >= 15 is 0 Å². The van der Waals surface area contributed by atoms with Crippen LogP contribution >= 0.6 is 28.3 Å². The minimum atomic E-state index is -1.06. The summed E-state index contributed by atoms with van der Waals surface area (Å²) in [5.74, 6) is -2.19. The zero-order valence-electron chi connectivity index (χ0n) is 8.88. The van der Waals surface area contributed by atoms with Gasteiger partial charge < -0.3 is 10.5 Å². The second-order valence-corrected chi connectivity index (χ2v) is 4.00. The van der Waals surface area contributed by atoms with Crippen molar-refractivity contribution in [3.05, 3.63) is 33.8 Å². The smallest absolute Gasteiger partial charge is 0.307 e. The number of esters is 1. The predicted octanol–water partition coefficient (Wildman–Crippen LogP) is 2.71. The summed E-state index contributed by atoms with van der Waals surface area (Å²) < 4.78 is 31.4. The van der Waals surface area contributed by atoms with E-state index in [1.54, 1.807) is 0 Å². The fourth-order valence-electron chi connectivity index (χ4n) is 1.25. The molecular formula is C10H11BrClF2NO2. The van der Waals surface area contributed by atoms with Crippen molar-refractivity contribution in [3.8, 4) is 0 Å². The van der Waals surface area contributed by atoms with Gasteiger partial charge >= 0.3 is 5.97 Å². The Kier molecular flexibility index (Phi) is 6.59. The minimum absolute atomic E-state index is 0. The molecule has 0 fully saturated rings. The van der Waals surface area contributed by atoms with Gasteiger partial charge in [-0.25, -0.2) is 8.78 Å². The molecule has 0 aliphatic rings. The fraction of sp³-hybridized carbons (Fsp3) is 0.300. The summed E-state index contributed by atoms with van der Waals surface area (Å²) >= 11 is 2.92. The normalized spacial score (nSPS) is 11.6. The van der Waals surface area contributed by atoms with Crippen LogP contribution in [0.3, 0.4) is 0 Å². The Labute approximate surface area is 112 Å². The van der Waals surface area contributed by atoms with Crippen molar-refractivity contribution >= 4 is 34.3 Å². The average Bonchev–Trinajstić information content (AvgIpc) is 2.24. The number of methoxy groups -OCH3 is 1. The largest absolute Gasteiger partial charge is 0.469 e. The topological polar surface area (TPSA) is 52.3 Å². The van der Waals surface area contributed by atoms with E-state index in [0.717, 1.165) is 6.07 Å². The molecule has 2 N–H and O–H groups in total. The average molecular weight is 331 g/mol. The van der Waals surface area contributed by atoms with Crippen molar-refractivity contribution in [2.75, 3.05) is 7.11 Å². The van der Waals surface area contributed by atoms with Crippen molar-refractivity contribution < 1.29 is 18.3 Å². The molecule has 17 heavy (non-hydrogen) atoms. The standard InChI is InChI=1S/C10H10BrF2NO2.ClH/c1-16-8(15)4-7(14)9-6(12)3-2-5(11)10(9)13;/h2-3,7H,4,14H2,1H3;1H/t7-;/m0./s1. The summed E-state index contributed by atoms with van der Waals surface area (Å²) in [6, 6.07) is 1.25. The predicted molar refractivity (Wildman–Crippen MR) is 64.9 cm³/mol. The van der Waals surface area contributed by atoms with Crippen LogP contribution in [0.1, 0.15) is 18.0 Å². The van der Waals surface area contributed by atoms with Crippen LogP contribution in [0.4, 0.5) is 8.78 Å². The zero-order chi connectivity index (χ0) is 12.3. The molecule has 0 amide bonds. The zero-order valence-corrected chi connectivity index (χ0v) is 11.3. The van der Waals surface area contributed by atoms with Gasteiger partial charge in [0.2, 0.25) is 0 Å². The van der Waals surface area contributed by atoms with Gasteiger partial charge in [-0.05, 0) is 28.1 Å². The summed E-state index contributed by atoms with van der Waals surface area (Å²) in [6.45, 7) is 0. The number of carbonyl (C=O) groups excluding carboxylic acids is 1. The van der Waals surface area contributed by atoms with E-state index in [0.29, 0.717) is 0 Å². The lowest BCUT2D eigenvalue weighted by atomic mass is 10.0. The molecule has 3 nitrogen and oxygen atoms in total. The third-order valence-electron chi connectivity index (χ3n) is 2.06. The summed E-state index contributed by atoms with van der Waals surface area (Å²) in [4.78, 5) is 10.9. The number of hydrogen-bond acceptors (Lipinski definition) is 3. The molecule has 0 heterocycles. The van der Waals surface area contributed by atoms with Crippen LogP contribution in [0.15, 0.2) is 16.6 Å². The van der Waals surface area contributed by atoms with Crippen LogP contribution in [-0.2, 0) is 9.53 Å². The Morgan fingerprint density at radius 1 is 1.53 bits per heavy atom. The number of benzene rings is 1. The van der Waals surface area contributed by atoms with E-state index in [1.807, 2.05) is 0 Å². The summed E-state index contributed by atoms with van der Waals surface area (Å²) in [6.07, 6.45) is -0.277. The van der Waals surface area contributed by atoms with E-state index in [1.165, 1.54) is 13.2 Å². The lowest BCUT2D eigenvalue weighted by Crippen LogP contribution is -2.19. The highest BCUT2D eigenvalue weighted by Gasteiger charge is 2.21. The second kappa shape index (κ2) is 6.88. The van der Waals surface area contributed by atoms with Crippen molar-refractivity contribution in [1.29, 1.82) is 0 Å². The third-order valence-corrected chi connectivity index (χ3v) is 2.68. The molecule has 0 bridgehead atoms. The molecule has 0 saturated carbocycles. The molecule has 1 aromatic carbocycles. The number of rotatable bonds is 3. The van der Waals surface area contributed by atoms with Gasteiger partial charge in [0.25, 0.3) is 0 Å². The Morgan fingerprint density at radius 2 is 2.12 bits per heavy atom. The lowest BCUT2D eigenvalue weighted by Gasteiger charge is -2.13. The van der Waals surface area contributed by atoms with Crippen molar-refractivity contribution in [1.82, 2.24) is 0 Å². The molecule has 96 valence electrons. The van der Waals surface area contributed by atoms with Crippen LogP contribution in [0.5, 0.6) is 0 Å². The van der Waals surface area contributed by atoms with Crippen molar-refractivity contribution in [2.24, 2.45) is 5.73 Å². The first kappa shape index (κ1) is 16.3. The van der Waals surface area contributed by atoms with Crippen molar-refractivity contribution in [2.45, 2.75) is 12.5 Å². The molecule has 0 spiro atoms. The summed E-state index contributed by atoms with van der Waals surface area (Å²) in [5.41, 5.74) is 5.22.